The fourth-order valence-electron chi connectivity index (χ4n) is 2.29. The van der Waals surface area contributed by atoms with Gasteiger partial charge in [0.2, 0.25) is 0 Å². The van der Waals surface area contributed by atoms with Gasteiger partial charge >= 0.3 is 0 Å². The Morgan fingerprint density at radius 1 is 1.29 bits per heavy atom. The minimum Gasteiger partial charge on any atom is -0.453 e. The second-order valence-electron chi connectivity index (χ2n) is 4.49. The lowest BCUT2D eigenvalue weighted by Crippen LogP contribution is -2.27. The Labute approximate surface area is 113 Å². The molecule has 0 spiro atoms. The molecule has 0 saturated carbocycles. The summed E-state index contributed by atoms with van der Waals surface area (Å²) >= 11 is 3.38. The van der Waals surface area contributed by atoms with Crippen LogP contribution in [0.3, 0.4) is 0 Å². The minimum absolute atomic E-state index is 0.350. The van der Waals surface area contributed by atoms with Gasteiger partial charge in [0.1, 0.15) is 5.76 Å². The number of hydrogen-bond acceptors (Lipinski definition) is 2. The van der Waals surface area contributed by atoms with Gasteiger partial charge in [0.05, 0.1) is 6.04 Å². The van der Waals surface area contributed by atoms with E-state index in [-0.39, 0.29) is 0 Å². The third-order valence-electron chi connectivity index (χ3n) is 3.25. The quantitative estimate of drug-likeness (QED) is 0.738. The zero-order chi connectivity index (χ0) is 12.7. The summed E-state index contributed by atoms with van der Waals surface area (Å²) in [5, 5.41) is 3.56. The van der Waals surface area contributed by atoms with Crippen LogP contribution in [0.1, 0.15) is 58.3 Å². The Kier molecular flexibility index (Phi) is 6.90. The molecule has 0 saturated heterocycles. The van der Waals surface area contributed by atoms with Crippen molar-refractivity contribution in [2.45, 2.75) is 52.5 Å². The molecule has 1 aromatic rings. The van der Waals surface area contributed by atoms with Crippen molar-refractivity contribution in [1.29, 1.82) is 0 Å². The molecule has 2 atom stereocenters. The lowest BCUT2D eigenvalue weighted by atomic mass is 9.90. The van der Waals surface area contributed by atoms with Gasteiger partial charge in [0.15, 0.2) is 4.67 Å². The molecule has 1 N–H and O–H groups in total. The van der Waals surface area contributed by atoms with Crippen molar-refractivity contribution in [2.75, 3.05) is 6.54 Å². The summed E-state index contributed by atoms with van der Waals surface area (Å²) < 4.78 is 6.54. The summed E-state index contributed by atoms with van der Waals surface area (Å²) in [5.74, 6) is 1.72. The SMILES string of the molecule is CCCCC(CC)C(NCC)c1ccc(Br)o1. The van der Waals surface area contributed by atoms with E-state index in [1.165, 1.54) is 25.7 Å². The van der Waals surface area contributed by atoms with Gasteiger partial charge in [-0.1, -0.05) is 40.0 Å². The maximum absolute atomic E-state index is 5.72. The largest absolute Gasteiger partial charge is 0.453 e. The highest BCUT2D eigenvalue weighted by Gasteiger charge is 2.23. The number of rotatable bonds is 8. The molecule has 0 aliphatic carbocycles. The Bertz CT molecular complexity index is 311. The van der Waals surface area contributed by atoms with Crippen LogP contribution in [0, 0.1) is 5.92 Å². The highest BCUT2D eigenvalue weighted by Crippen LogP contribution is 2.31. The molecule has 2 nitrogen and oxygen atoms in total. The lowest BCUT2D eigenvalue weighted by molar-refractivity contribution is 0.283. The summed E-state index contributed by atoms with van der Waals surface area (Å²) in [6, 6.07) is 4.40. The van der Waals surface area contributed by atoms with Gasteiger partial charge in [0, 0.05) is 0 Å². The third-order valence-corrected chi connectivity index (χ3v) is 3.68. The van der Waals surface area contributed by atoms with Gasteiger partial charge in [-0.05, 0) is 46.9 Å². The van der Waals surface area contributed by atoms with E-state index in [0.717, 1.165) is 17.0 Å². The zero-order valence-corrected chi connectivity index (χ0v) is 12.7. The van der Waals surface area contributed by atoms with Gasteiger partial charge in [0.25, 0.3) is 0 Å². The molecule has 1 rings (SSSR count). The number of furan rings is 1. The minimum atomic E-state index is 0.350. The molecule has 0 aromatic carbocycles. The van der Waals surface area contributed by atoms with E-state index < -0.39 is 0 Å². The van der Waals surface area contributed by atoms with Gasteiger partial charge in [-0.25, -0.2) is 0 Å². The Morgan fingerprint density at radius 2 is 2.06 bits per heavy atom. The van der Waals surface area contributed by atoms with Gasteiger partial charge in [-0.2, -0.15) is 0 Å². The first kappa shape index (κ1) is 14.8. The van der Waals surface area contributed by atoms with Crippen LogP contribution in [-0.4, -0.2) is 6.54 Å². The maximum atomic E-state index is 5.72. The predicted molar refractivity (Wildman–Crippen MR) is 76.1 cm³/mol. The fourth-order valence-corrected chi connectivity index (χ4v) is 2.61. The van der Waals surface area contributed by atoms with Crippen molar-refractivity contribution in [3.05, 3.63) is 22.6 Å². The smallest absolute Gasteiger partial charge is 0.169 e. The van der Waals surface area contributed by atoms with E-state index in [4.69, 9.17) is 4.42 Å². The van der Waals surface area contributed by atoms with Crippen LogP contribution in [0.5, 0.6) is 0 Å². The van der Waals surface area contributed by atoms with Crippen LogP contribution in [0.25, 0.3) is 0 Å². The summed E-state index contributed by atoms with van der Waals surface area (Å²) in [7, 11) is 0. The summed E-state index contributed by atoms with van der Waals surface area (Å²) in [5.41, 5.74) is 0. The van der Waals surface area contributed by atoms with Gasteiger partial charge in [-0.15, -0.1) is 0 Å². The zero-order valence-electron chi connectivity index (χ0n) is 11.1. The molecule has 17 heavy (non-hydrogen) atoms. The van der Waals surface area contributed by atoms with E-state index in [2.05, 4.69) is 48.1 Å². The number of nitrogens with one attached hydrogen (secondary N) is 1. The monoisotopic (exact) mass is 301 g/mol. The maximum Gasteiger partial charge on any atom is 0.169 e. The molecule has 1 heterocycles. The first-order valence-electron chi connectivity index (χ1n) is 6.71. The lowest BCUT2D eigenvalue weighted by Gasteiger charge is -2.25. The van der Waals surface area contributed by atoms with Crippen molar-refractivity contribution < 1.29 is 4.42 Å². The first-order chi connectivity index (χ1) is 8.22. The molecule has 1 aromatic heterocycles. The number of hydrogen-bond donors (Lipinski definition) is 1. The van der Waals surface area contributed by atoms with Crippen molar-refractivity contribution >= 4 is 15.9 Å². The van der Waals surface area contributed by atoms with E-state index in [1.54, 1.807) is 0 Å². The first-order valence-corrected chi connectivity index (χ1v) is 7.50. The normalized spacial score (nSPS) is 14.8. The predicted octanol–water partition coefficient (Wildman–Crippen LogP) is 4.91. The number of unbranched alkanes of at least 4 members (excludes halogenated alkanes) is 1. The fraction of sp³-hybridized carbons (Fsp3) is 0.714. The molecule has 0 fully saturated rings. The summed E-state index contributed by atoms with van der Waals surface area (Å²) in [6.45, 7) is 7.64. The molecule has 2 unspecified atom stereocenters. The average molecular weight is 302 g/mol. The Morgan fingerprint density at radius 3 is 2.53 bits per heavy atom. The molecule has 0 bridgehead atoms. The van der Waals surface area contributed by atoms with E-state index in [1.807, 2.05) is 6.07 Å². The standard InChI is InChI=1S/C14H24BrNO/c1-4-7-8-11(5-2)14(16-6-3)12-9-10-13(15)17-12/h9-11,14,16H,4-8H2,1-3H3. The van der Waals surface area contributed by atoms with Crippen molar-refractivity contribution in [1.82, 2.24) is 5.32 Å². The Balaban J connectivity index is 2.74. The summed E-state index contributed by atoms with van der Waals surface area (Å²) in [4.78, 5) is 0. The molecule has 98 valence electrons. The van der Waals surface area contributed by atoms with E-state index in [0.29, 0.717) is 12.0 Å². The summed E-state index contributed by atoms with van der Waals surface area (Å²) in [6.07, 6.45) is 5.01. The molecular formula is C14H24BrNO. The molecule has 0 amide bonds. The van der Waals surface area contributed by atoms with Crippen molar-refractivity contribution in [2.24, 2.45) is 5.92 Å². The third kappa shape index (κ3) is 4.47. The highest BCUT2D eigenvalue weighted by atomic mass is 79.9. The van der Waals surface area contributed by atoms with Gasteiger partial charge < -0.3 is 9.73 Å². The van der Waals surface area contributed by atoms with Crippen LogP contribution in [0.2, 0.25) is 0 Å². The van der Waals surface area contributed by atoms with Crippen LogP contribution in [0.4, 0.5) is 0 Å². The van der Waals surface area contributed by atoms with Crippen LogP contribution in [-0.2, 0) is 0 Å². The highest BCUT2D eigenvalue weighted by molar-refractivity contribution is 9.10. The van der Waals surface area contributed by atoms with Gasteiger partial charge in [-0.3, -0.25) is 0 Å². The second kappa shape index (κ2) is 7.93. The number of halogens is 1. The molecular weight excluding hydrogens is 278 g/mol. The second-order valence-corrected chi connectivity index (χ2v) is 5.27. The van der Waals surface area contributed by atoms with Crippen LogP contribution < -0.4 is 5.32 Å². The molecule has 3 heteroatoms. The molecule has 0 aliphatic rings. The Hall–Kier alpha value is -0.280. The molecule has 0 radical (unpaired) electrons. The average Bonchev–Trinajstić information content (AvgIpc) is 2.75. The van der Waals surface area contributed by atoms with Crippen molar-refractivity contribution in [3.8, 4) is 0 Å². The van der Waals surface area contributed by atoms with Crippen LogP contribution >= 0.6 is 15.9 Å². The van der Waals surface area contributed by atoms with E-state index in [9.17, 15) is 0 Å². The van der Waals surface area contributed by atoms with Crippen LogP contribution in [0.15, 0.2) is 21.2 Å². The van der Waals surface area contributed by atoms with E-state index >= 15 is 0 Å². The molecule has 0 aliphatic heterocycles. The topological polar surface area (TPSA) is 25.2 Å². The van der Waals surface area contributed by atoms with Crippen molar-refractivity contribution in [3.63, 3.8) is 0 Å².